The molecule has 0 spiro atoms. The minimum Gasteiger partial charge on any atom is -0.477 e. The number of pyridine rings is 1. The van der Waals surface area contributed by atoms with Crippen LogP contribution in [0.5, 0.6) is 0 Å². The first kappa shape index (κ1) is 16.5. The van der Waals surface area contributed by atoms with Crippen molar-refractivity contribution in [2.45, 2.75) is 6.18 Å². The van der Waals surface area contributed by atoms with Gasteiger partial charge in [-0.3, -0.25) is 0 Å². The standard InChI is InChI=1S/C16H10F3N3O3/c17-16(18,19)10-3-1-9(2-4-10)13-8-25-15(22-13)21-11-5-6-12(14(23)24)20-7-11/h1-8H,(H,21,22)(H,23,24). The highest BCUT2D eigenvalue weighted by atomic mass is 19.4. The first-order chi connectivity index (χ1) is 11.8. The van der Waals surface area contributed by atoms with Gasteiger partial charge in [-0.15, -0.1) is 0 Å². The van der Waals surface area contributed by atoms with Crippen LogP contribution in [0.25, 0.3) is 11.3 Å². The molecule has 0 aliphatic rings. The van der Waals surface area contributed by atoms with Crippen LogP contribution in [0, 0.1) is 0 Å². The number of carboxylic acids is 1. The molecular formula is C16H10F3N3O3. The van der Waals surface area contributed by atoms with Crippen molar-refractivity contribution in [3.05, 3.63) is 60.1 Å². The second-order valence-corrected chi connectivity index (χ2v) is 4.98. The van der Waals surface area contributed by atoms with Gasteiger partial charge in [0.2, 0.25) is 0 Å². The summed E-state index contributed by atoms with van der Waals surface area (Å²) in [5, 5.41) is 11.6. The van der Waals surface area contributed by atoms with E-state index in [0.29, 0.717) is 16.9 Å². The molecule has 1 aromatic carbocycles. The van der Waals surface area contributed by atoms with Crippen molar-refractivity contribution < 1.29 is 27.5 Å². The predicted molar refractivity (Wildman–Crippen MR) is 81.4 cm³/mol. The monoisotopic (exact) mass is 349 g/mol. The molecule has 2 heterocycles. The molecule has 128 valence electrons. The lowest BCUT2D eigenvalue weighted by atomic mass is 10.1. The number of aromatic carboxylic acids is 1. The van der Waals surface area contributed by atoms with E-state index in [0.717, 1.165) is 12.1 Å². The minimum absolute atomic E-state index is 0.0970. The van der Waals surface area contributed by atoms with Gasteiger partial charge in [-0.2, -0.15) is 18.2 Å². The van der Waals surface area contributed by atoms with Crippen molar-refractivity contribution in [1.29, 1.82) is 0 Å². The molecule has 2 aromatic heterocycles. The van der Waals surface area contributed by atoms with E-state index in [1.807, 2.05) is 0 Å². The van der Waals surface area contributed by atoms with Gasteiger partial charge in [0.05, 0.1) is 17.4 Å². The molecule has 9 heteroatoms. The summed E-state index contributed by atoms with van der Waals surface area (Å²) in [6.45, 7) is 0. The van der Waals surface area contributed by atoms with Gasteiger partial charge in [0, 0.05) is 5.56 Å². The van der Waals surface area contributed by atoms with Crippen LogP contribution in [-0.2, 0) is 6.18 Å². The van der Waals surface area contributed by atoms with Crippen LogP contribution in [0.4, 0.5) is 24.9 Å². The van der Waals surface area contributed by atoms with Crippen molar-refractivity contribution in [2.24, 2.45) is 0 Å². The largest absolute Gasteiger partial charge is 0.477 e. The highest BCUT2D eigenvalue weighted by Crippen LogP contribution is 2.31. The first-order valence-corrected chi connectivity index (χ1v) is 6.92. The molecule has 0 unspecified atom stereocenters. The zero-order chi connectivity index (χ0) is 18.0. The fourth-order valence-corrected chi connectivity index (χ4v) is 2.01. The Labute approximate surface area is 139 Å². The molecule has 0 aliphatic carbocycles. The Morgan fingerprint density at radius 1 is 1.12 bits per heavy atom. The number of nitrogens with one attached hydrogen (secondary N) is 1. The number of benzene rings is 1. The summed E-state index contributed by atoms with van der Waals surface area (Å²) in [5.74, 6) is -1.15. The lowest BCUT2D eigenvalue weighted by molar-refractivity contribution is -0.137. The molecule has 0 atom stereocenters. The van der Waals surface area contributed by atoms with E-state index in [1.165, 1.54) is 36.7 Å². The van der Waals surface area contributed by atoms with E-state index in [-0.39, 0.29) is 11.7 Å². The molecular weight excluding hydrogens is 339 g/mol. The van der Waals surface area contributed by atoms with Gasteiger partial charge in [-0.05, 0) is 24.3 Å². The van der Waals surface area contributed by atoms with Crippen LogP contribution in [0.3, 0.4) is 0 Å². The lowest BCUT2D eigenvalue weighted by Crippen LogP contribution is -2.04. The second-order valence-electron chi connectivity index (χ2n) is 4.98. The zero-order valence-corrected chi connectivity index (χ0v) is 12.4. The third-order valence-corrected chi connectivity index (χ3v) is 3.25. The molecule has 0 bridgehead atoms. The third kappa shape index (κ3) is 3.77. The fourth-order valence-electron chi connectivity index (χ4n) is 2.01. The van der Waals surface area contributed by atoms with Crippen molar-refractivity contribution in [3.8, 4) is 11.3 Å². The quantitative estimate of drug-likeness (QED) is 0.734. The minimum atomic E-state index is -4.40. The molecule has 2 N–H and O–H groups in total. The third-order valence-electron chi connectivity index (χ3n) is 3.25. The van der Waals surface area contributed by atoms with E-state index >= 15 is 0 Å². The Morgan fingerprint density at radius 3 is 2.40 bits per heavy atom. The number of carbonyl (C=O) groups is 1. The Balaban J connectivity index is 1.75. The molecule has 3 rings (SSSR count). The number of hydrogen-bond donors (Lipinski definition) is 2. The molecule has 3 aromatic rings. The smallest absolute Gasteiger partial charge is 0.416 e. The summed E-state index contributed by atoms with van der Waals surface area (Å²) >= 11 is 0. The van der Waals surface area contributed by atoms with Crippen molar-refractivity contribution in [1.82, 2.24) is 9.97 Å². The number of anilines is 2. The van der Waals surface area contributed by atoms with Gasteiger partial charge in [-0.1, -0.05) is 12.1 Å². The van der Waals surface area contributed by atoms with Crippen molar-refractivity contribution in [3.63, 3.8) is 0 Å². The number of rotatable bonds is 4. The van der Waals surface area contributed by atoms with Gasteiger partial charge in [-0.25, -0.2) is 9.78 Å². The summed E-state index contributed by atoms with van der Waals surface area (Å²) in [5.41, 5.74) is 0.410. The number of hydrogen-bond acceptors (Lipinski definition) is 5. The SMILES string of the molecule is O=C(O)c1ccc(Nc2nc(-c3ccc(C(F)(F)F)cc3)co2)cn1. The van der Waals surface area contributed by atoms with Crippen LogP contribution in [0.2, 0.25) is 0 Å². The molecule has 0 aliphatic heterocycles. The average molecular weight is 349 g/mol. The van der Waals surface area contributed by atoms with Crippen LogP contribution < -0.4 is 5.32 Å². The van der Waals surface area contributed by atoms with Crippen molar-refractivity contribution >= 4 is 17.7 Å². The van der Waals surface area contributed by atoms with Gasteiger partial charge >= 0.3 is 12.1 Å². The van der Waals surface area contributed by atoms with Crippen LogP contribution in [0.15, 0.2) is 53.3 Å². The number of carboxylic acid groups (broad SMARTS) is 1. The first-order valence-electron chi connectivity index (χ1n) is 6.92. The van der Waals surface area contributed by atoms with Gasteiger partial charge in [0.25, 0.3) is 6.01 Å². The number of halogens is 3. The Morgan fingerprint density at radius 2 is 1.84 bits per heavy atom. The Bertz CT molecular complexity index is 887. The maximum atomic E-state index is 12.6. The summed E-state index contributed by atoms with van der Waals surface area (Å²) in [7, 11) is 0. The average Bonchev–Trinajstić information content (AvgIpc) is 3.03. The summed E-state index contributed by atoms with van der Waals surface area (Å²) in [6, 6.07) is 7.42. The fraction of sp³-hybridized carbons (Fsp3) is 0.0625. The van der Waals surface area contributed by atoms with Crippen molar-refractivity contribution in [2.75, 3.05) is 5.32 Å². The maximum absolute atomic E-state index is 12.6. The molecule has 0 saturated heterocycles. The Hall–Kier alpha value is -3.36. The second kappa shape index (κ2) is 6.27. The predicted octanol–water partition coefficient (Wildman–Crippen LogP) is 4.20. The summed E-state index contributed by atoms with van der Waals surface area (Å²) in [6.07, 6.45) is -1.81. The Kier molecular flexibility index (Phi) is 4.14. The van der Waals surface area contributed by atoms with Gasteiger partial charge < -0.3 is 14.8 Å². The van der Waals surface area contributed by atoms with Crippen LogP contribution >= 0.6 is 0 Å². The van der Waals surface area contributed by atoms with Gasteiger partial charge in [0.1, 0.15) is 17.7 Å². The number of oxazole rings is 1. The van der Waals surface area contributed by atoms with Gasteiger partial charge in [0.15, 0.2) is 0 Å². The number of nitrogens with zero attached hydrogens (tertiary/aromatic N) is 2. The topological polar surface area (TPSA) is 88.2 Å². The highest BCUT2D eigenvalue weighted by molar-refractivity contribution is 5.85. The highest BCUT2D eigenvalue weighted by Gasteiger charge is 2.30. The van der Waals surface area contributed by atoms with E-state index in [2.05, 4.69) is 15.3 Å². The zero-order valence-electron chi connectivity index (χ0n) is 12.4. The summed E-state index contributed by atoms with van der Waals surface area (Å²) in [4.78, 5) is 18.6. The molecule has 6 nitrogen and oxygen atoms in total. The van der Waals surface area contributed by atoms with E-state index in [4.69, 9.17) is 9.52 Å². The number of alkyl halides is 3. The molecule has 0 fully saturated rings. The van der Waals surface area contributed by atoms with E-state index in [1.54, 1.807) is 0 Å². The maximum Gasteiger partial charge on any atom is 0.416 e. The van der Waals surface area contributed by atoms with E-state index in [9.17, 15) is 18.0 Å². The molecule has 0 radical (unpaired) electrons. The van der Waals surface area contributed by atoms with Crippen LogP contribution in [0.1, 0.15) is 16.1 Å². The molecule has 0 saturated carbocycles. The van der Waals surface area contributed by atoms with Crippen LogP contribution in [-0.4, -0.2) is 21.0 Å². The molecule has 0 amide bonds. The normalized spacial score (nSPS) is 11.3. The van der Waals surface area contributed by atoms with E-state index < -0.39 is 17.7 Å². The lowest BCUT2D eigenvalue weighted by Gasteiger charge is -2.06. The summed E-state index contributed by atoms with van der Waals surface area (Å²) < 4.78 is 42.9. The molecule has 25 heavy (non-hydrogen) atoms. The number of aromatic nitrogens is 2.